The number of benzene rings is 1. The first-order valence-electron chi connectivity index (χ1n) is 12.7. The van der Waals surface area contributed by atoms with E-state index in [-0.39, 0.29) is 18.2 Å². The molecule has 0 bridgehead atoms. The number of nitrogens with two attached hydrogens (primary N) is 2. The normalized spacial score (nSPS) is 14.4. The average molecular weight is 532 g/mol. The summed E-state index contributed by atoms with van der Waals surface area (Å²) < 4.78 is 15.6. The fraction of sp³-hybridized carbons (Fsp3) is 0.308. The van der Waals surface area contributed by atoms with Gasteiger partial charge in [-0.3, -0.25) is 18.8 Å². The Kier molecular flexibility index (Phi) is 6.19. The van der Waals surface area contributed by atoms with Gasteiger partial charge in [-0.15, -0.1) is 0 Å². The van der Waals surface area contributed by atoms with E-state index in [9.17, 15) is 9.59 Å². The van der Waals surface area contributed by atoms with Crippen LogP contribution in [0.25, 0.3) is 28.1 Å². The third-order valence-electron chi connectivity index (χ3n) is 7.08. The fourth-order valence-corrected chi connectivity index (χ4v) is 5.05. The molecule has 202 valence electrons. The average Bonchev–Trinajstić information content (AvgIpc) is 3.67. The van der Waals surface area contributed by atoms with Gasteiger partial charge in [-0.2, -0.15) is 14.6 Å². The second-order valence-corrected chi connectivity index (χ2v) is 9.52. The van der Waals surface area contributed by atoms with E-state index < -0.39 is 5.91 Å². The van der Waals surface area contributed by atoms with Crippen molar-refractivity contribution in [1.82, 2.24) is 28.6 Å². The van der Waals surface area contributed by atoms with Crippen LogP contribution in [-0.4, -0.2) is 73.9 Å². The topological polar surface area (TPSA) is 155 Å². The minimum absolute atomic E-state index is 0.140. The predicted molar refractivity (Wildman–Crippen MR) is 146 cm³/mol. The molecule has 4 aromatic heterocycles. The third kappa shape index (κ3) is 4.56. The first-order chi connectivity index (χ1) is 18.9. The summed E-state index contributed by atoms with van der Waals surface area (Å²) in [5, 5.41) is 4.53. The number of aromatic nitrogens is 5. The fourth-order valence-electron chi connectivity index (χ4n) is 5.05. The van der Waals surface area contributed by atoms with Gasteiger partial charge < -0.3 is 25.5 Å². The zero-order valence-electron chi connectivity index (χ0n) is 21.5. The first-order valence-corrected chi connectivity index (χ1v) is 12.7. The van der Waals surface area contributed by atoms with Gasteiger partial charge in [-0.1, -0.05) is 0 Å². The highest BCUT2D eigenvalue weighted by atomic mass is 16.5. The number of carbonyl (C=O) groups excluding carboxylic acids is 1. The molecular weight excluding hydrogens is 502 g/mol. The molecule has 1 fully saturated rings. The van der Waals surface area contributed by atoms with Crippen molar-refractivity contribution in [1.29, 1.82) is 0 Å². The number of aryl methyl sites for hydroxylation is 1. The van der Waals surface area contributed by atoms with Gasteiger partial charge in [0.15, 0.2) is 18.0 Å². The van der Waals surface area contributed by atoms with Crippen molar-refractivity contribution < 1.29 is 13.9 Å². The highest BCUT2D eigenvalue weighted by Crippen LogP contribution is 2.26. The summed E-state index contributed by atoms with van der Waals surface area (Å²) in [6, 6.07) is 13.1. The number of fused-ring (bicyclic) bond motifs is 3. The summed E-state index contributed by atoms with van der Waals surface area (Å²) in [5.74, 6) is 0.919. The Hall–Kier alpha value is -4.78. The molecule has 6 rings (SSSR count). The molecule has 1 saturated heterocycles. The van der Waals surface area contributed by atoms with E-state index in [2.05, 4.69) is 19.9 Å². The summed E-state index contributed by atoms with van der Waals surface area (Å²) in [4.78, 5) is 33.3. The molecule has 39 heavy (non-hydrogen) atoms. The first kappa shape index (κ1) is 24.6. The molecule has 0 unspecified atom stereocenters. The monoisotopic (exact) mass is 531 g/mol. The van der Waals surface area contributed by atoms with E-state index in [1.54, 1.807) is 33.0 Å². The lowest BCUT2D eigenvalue weighted by Gasteiger charge is -2.36. The summed E-state index contributed by atoms with van der Waals surface area (Å²) in [7, 11) is 1.74. The van der Waals surface area contributed by atoms with Gasteiger partial charge in [0.25, 0.3) is 5.91 Å². The van der Waals surface area contributed by atoms with Crippen molar-refractivity contribution in [2.24, 2.45) is 12.8 Å². The minimum atomic E-state index is -0.505. The Morgan fingerprint density at radius 3 is 2.56 bits per heavy atom. The highest BCUT2D eigenvalue weighted by molar-refractivity contribution is 5.91. The van der Waals surface area contributed by atoms with Crippen LogP contribution >= 0.6 is 0 Å². The predicted octanol–water partition coefficient (Wildman–Crippen LogP) is 0.911. The molecule has 13 nitrogen and oxygen atoms in total. The summed E-state index contributed by atoms with van der Waals surface area (Å²) in [5.41, 5.74) is 14.9. The van der Waals surface area contributed by atoms with Crippen LogP contribution in [0.4, 0.5) is 11.6 Å². The largest absolute Gasteiger partial charge is 0.484 e. The number of hydrogen-bond acceptors (Lipinski definition) is 9. The molecule has 0 spiro atoms. The molecule has 1 aliphatic rings. The van der Waals surface area contributed by atoms with Crippen LogP contribution in [0.2, 0.25) is 0 Å². The molecule has 0 aliphatic carbocycles. The lowest BCUT2D eigenvalue weighted by molar-refractivity contribution is -0.119. The number of anilines is 2. The van der Waals surface area contributed by atoms with E-state index in [1.165, 1.54) is 0 Å². The zero-order chi connectivity index (χ0) is 27.1. The Bertz CT molecular complexity index is 1690. The number of primary amides is 1. The molecule has 0 saturated carbocycles. The third-order valence-corrected chi connectivity index (χ3v) is 7.08. The van der Waals surface area contributed by atoms with Gasteiger partial charge in [0.2, 0.25) is 5.95 Å². The van der Waals surface area contributed by atoms with Crippen LogP contribution in [0.3, 0.4) is 0 Å². The van der Waals surface area contributed by atoms with Gasteiger partial charge in [0.1, 0.15) is 17.0 Å². The summed E-state index contributed by atoms with van der Waals surface area (Å²) in [6.07, 6.45) is 1.59. The summed E-state index contributed by atoms with van der Waals surface area (Å²) >= 11 is 0. The second-order valence-electron chi connectivity index (χ2n) is 9.52. The molecule has 5 heterocycles. The van der Waals surface area contributed by atoms with Crippen molar-refractivity contribution in [3.8, 4) is 17.2 Å². The SMILES string of the molecule is Cn1c(=O)n(CCN2CCN(c3ccc(OCC(N)=O)cc3)CC2)c2nc(N)n3nc(-c4ccco4)cc3c21. The smallest absolute Gasteiger partial charge is 0.330 e. The van der Waals surface area contributed by atoms with Crippen LogP contribution in [-0.2, 0) is 18.4 Å². The van der Waals surface area contributed by atoms with Crippen molar-refractivity contribution in [3.05, 3.63) is 59.2 Å². The van der Waals surface area contributed by atoms with E-state index in [4.69, 9.17) is 20.6 Å². The van der Waals surface area contributed by atoms with Crippen molar-refractivity contribution in [2.75, 3.05) is 50.0 Å². The van der Waals surface area contributed by atoms with Gasteiger partial charge in [0, 0.05) is 52.0 Å². The van der Waals surface area contributed by atoms with Gasteiger partial charge >= 0.3 is 5.69 Å². The standard InChI is InChI=1S/C26H29N9O4/c1-31-23-20-15-19(21-3-2-14-38-21)30-35(20)25(28)29-24(23)34(26(31)37)13-10-32-8-11-33(12-9-32)17-4-6-18(7-5-17)39-16-22(27)36/h2-7,14-15H,8-13,16H2,1H3,(H2,27,36)(H2,28,29). The number of imidazole rings is 1. The Balaban J connectivity index is 1.15. The van der Waals surface area contributed by atoms with E-state index >= 15 is 0 Å². The van der Waals surface area contributed by atoms with Crippen LogP contribution in [0.5, 0.6) is 5.75 Å². The van der Waals surface area contributed by atoms with Crippen LogP contribution in [0, 0.1) is 0 Å². The number of ether oxygens (including phenoxy) is 1. The maximum absolute atomic E-state index is 13.2. The Morgan fingerprint density at radius 1 is 1.10 bits per heavy atom. The van der Waals surface area contributed by atoms with Gasteiger partial charge in [0.05, 0.1) is 11.8 Å². The Labute approximate surface area is 222 Å². The number of rotatable bonds is 8. The van der Waals surface area contributed by atoms with Crippen LogP contribution in [0.15, 0.2) is 57.9 Å². The second kappa shape index (κ2) is 9.83. The van der Waals surface area contributed by atoms with Gasteiger partial charge in [-0.05, 0) is 42.5 Å². The number of piperazine rings is 1. The minimum Gasteiger partial charge on any atom is -0.484 e. The number of amides is 1. The molecule has 13 heteroatoms. The van der Waals surface area contributed by atoms with E-state index in [0.717, 1.165) is 31.9 Å². The molecule has 0 atom stereocenters. The zero-order valence-corrected chi connectivity index (χ0v) is 21.5. The Morgan fingerprint density at radius 2 is 1.87 bits per heavy atom. The number of carbonyl (C=O) groups is 1. The van der Waals surface area contributed by atoms with Crippen LogP contribution < -0.4 is 26.8 Å². The number of hydrogen-bond donors (Lipinski definition) is 2. The summed E-state index contributed by atoms with van der Waals surface area (Å²) in [6.45, 7) is 4.47. The maximum Gasteiger partial charge on any atom is 0.330 e. The van der Waals surface area contributed by atoms with E-state index in [0.29, 0.717) is 47.0 Å². The lowest BCUT2D eigenvalue weighted by Crippen LogP contribution is -2.47. The van der Waals surface area contributed by atoms with Gasteiger partial charge in [-0.25, -0.2) is 4.79 Å². The van der Waals surface area contributed by atoms with Crippen LogP contribution in [0.1, 0.15) is 0 Å². The van der Waals surface area contributed by atoms with E-state index in [1.807, 2.05) is 36.4 Å². The molecule has 0 radical (unpaired) electrons. The lowest BCUT2D eigenvalue weighted by atomic mass is 10.2. The molecular formula is C26H29N9O4. The number of nitrogens with zero attached hydrogens (tertiary/aromatic N) is 7. The number of furan rings is 1. The quantitative estimate of drug-likeness (QED) is 0.297. The molecule has 1 amide bonds. The molecule has 4 N–H and O–H groups in total. The highest BCUT2D eigenvalue weighted by Gasteiger charge is 2.22. The maximum atomic E-state index is 13.2. The van der Waals surface area contributed by atoms with Crippen molar-refractivity contribution in [2.45, 2.75) is 6.54 Å². The molecule has 1 aromatic carbocycles. The van der Waals surface area contributed by atoms with Crippen molar-refractivity contribution in [3.63, 3.8) is 0 Å². The molecule has 1 aliphatic heterocycles. The van der Waals surface area contributed by atoms with Crippen molar-refractivity contribution >= 4 is 34.2 Å². The number of nitrogen functional groups attached to an aromatic ring is 1. The molecule has 5 aromatic rings.